The fourth-order valence-electron chi connectivity index (χ4n) is 2.56. The van der Waals surface area contributed by atoms with E-state index in [1.54, 1.807) is 6.07 Å². The molecule has 0 aliphatic heterocycles. The van der Waals surface area contributed by atoms with Crippen LogP contribution in [0.2, 0.25) is 0 Å². The Kier molecular flexibility index (Phi) is 2.41. The third-order valence-corrected chi connectivity index (χ3v) is 3.52. The van der Waals surface area contributed by atoms with Crippen molar-refractivity contribution in [3.8, 4) is 5.69 Å². The Morgan fingerprint density at radius 3 is 2.48 bits per heavy atom. The normalized spacial score (nSPS) is 11.3. The lowest BCUT2D eigenvalue weighted by atomic mass is 10.2. The highest BCUT2D eigenvalue weighted by atomic mass is 16.1. The highest BCUT2D eigenvalue weighted by Crippen LogP contribution is 2.15. The van der Waals surface area contributed by atoms with E-state index in [0.29, 0.717) is 16.7 Å². The van der Waals surface area contributed by atoms with Crippen molar-refractivity contribution in [1.29, 1.82) is 0 Å². The van der Waals surface area contributed by atoms with E-state index in [1.807, 2.05) is 60.0 Å². The van der Waals surface area contributed by atoms with Crippen molar-refractivity contribution in [3.63, 3.8) is 0 Å². The molecule has 4 aromatic rings. The lowest BCUT2D eigenvalue weighted by molar-refractivity contribution is 0.892. The van der Waals surface area contributed by atoms with Gasteiger partial charge in [-0.25, -0.2) is 4.98 Å². The minimum absolute atomic E-state index is 0.145. The highest BCUT2D eigenvalue weighted by Gasteiger charge is 2.14. The van der Waals surface area contributed by atoms with E-state index < -0.39 is 0 Å². The zero-order chi connectivity index (χ0) is 14.4. The summed E-state index contributed by atoms with van der Waals surface area (Å²) >= 11 is 0. The molecule has 0 spiro atoms. The molecule has 2 aromatic heterocycles. The monoisotopic (exact) mass is 276 g/mol. The largest absolute Gasteiger partial charge is 0.283 e. The molecule has 0 atom stereocenters. The van der Waals surface area contributed by atoms with Gasteiger partial charge in [0.15, 0.2) is 0 Å². The van der Waals surface area contributed by atoms with E-state index in [0.717, 1.165) is 11.5 Å². The molecule has 0 unspecified atom stereocenters. The van der Waals surface area contributed by atoms with Gasteiger partial charge in [-0.15, -0.1) is 5.10 Å². The van der Waals surface area contributed by atoms with Gasteiger partial charge in [-0.3, -0.25) is 9.36 Å². The summed E-state index contributed by atoms with van der Waals surface area (Å²) in [5.74, 6) is 1.25. The molecule has 5 heteroatoms. The van der Waals surface area contributed by atoms with Crippen LogP contribution in [0.25, 0.3) is 22.4 Å². The molecule has 0 N–H and O–H groups in total. The molecule has 0 aliphatic carbocycles. The maximum absolute atomic E-state index is 12.5. The van der Waals surface area contributed by atoms with Gasteiger partial charge in [-0.05, 0) is 31.2 Å². The smallest absolute Gasteiger partial charge is 0.267 e. The molecule has 2 aromatic carbocycles. The lowest BCUT2D eigenvalue weighted by Crippen LogP contribution is -2.16. The number of aromatic nitrogens is 4. The molecule has 0 saturated heterocycles. The first-order valence-electron chi connectivity index (χ1n) is 6.68. The van der Waals surface area contributed by atoms with E-state index in [9.17, 15) is 4.79 Å². The van der Waals surface area contributed by atoms with Gasteiger partial charge >= 0.3 is 0 Å². The minimum Gasteiger partial charge on any atom is -0.267 e. The fourth-order valence-corrected chi connectivity index (χ4v) is 2.56. The summed E-state index contributed by atoms with van der Waals surface area (Å²) in [5, 5.41) is 4.92. The van der Waals surface area contributed by atoms with E-state index >= 15 is 0 Å². The number of hydrogen-bond donors (Lipinski definition) is 0. The maximum atomic E-state index is 12.5. The summed E-state index contributed by atoms with van der Waals surface area (Å²) in [7, 11) is 0. The van der Waals surface area contributed by atoms with Crippen LogP contribution in [0.5, 0.6) is 0 Å². The molecule has 0 bridgehead atoms. The summed E-state index contributed by atoms with van der Waals surface area (Å²) in [6.45, 7) is 1.87. The van der Waals surface area contributed by atoms with E-state index in [4.69, 9.17) is 0 Å². The second-order valence-corrected chi connectivity index (χ2v) is 4.86. The van der Waals surface area contributed by atoms with Gasteiger partial charge in [0.1, 0.15) is 5.82 Å². The predicted molar refractivity (Wildman–Crippen MR) is 80.8 cm³/mol. The lowest BCUT2D eigenvalue weighted by Gasteiger charge is -2.05. The van der Waals surface area contributed by atoms with Crippen molar-refractivity contribution >= 4 is 16.7 Å². The average Bonchev–Trinajstić information content (AvgIpc) is 2.85. The molecule has 102 valence electrons. The zero-order valence-electron chi connectivity index (χ0n) is 11.4. The molecular weight excluding hydrogens is 264 g/mol. The number of para-hydroxylation sites is 2. The summed E-state index contributed by atoms with van der Waals surface area (Å²) in [4.78, 5) is 17.1. The Bertz CT molecular complexity index is 1010. The Hall–Kier alpha value is -2.95. The van der Waals surface area contributed by atoms with Gasteiger partial charge in [0.2, 0.25) is 5.78 Å². The van der Waals surface area contributed by atoms with Crippen LogP contribution in [0.15, 0.2) is 59.4 Å². The quantitative estimate of drug-likeness (QED) is 0.536. The molecule has 0 amide bonds. The SMILES string of the molecule is Cc1nn2c(=O)c3ccccc3nc2n1-c1ccccc1. The number of rotatable bonds is 1. The third-order valence-electron chi connectivity index (χ3n) is 3.52. The number of aryl methyl sites for hydroxylation is 1. The van der Waals surface area contributed by atoms with Crippen molar-refractivity contribution in [1.82, 2.24) is 19.2 Å². The summed E-state index contributed by atoms with van der Waals surface area (Å²) < 4.78 is 3.25. The van der Waals surface area contributed by atoms with E-state index in [1.165, 1.54) is 4.52 Å². The first-order chi connectivity index (χ1) is 10.3. The standard InChI is InChI=1S/C16H12N4O/c1-11-18-20-15(21)13-9-5-6-10-14(13)17-16(20)19(11)12-7-3-2-4-8-12/h2-10H,1H3. The zero-order valence-corrected chi connectivity index (χ0v) is 11.4. The first kappa shape index (κ1) is 11.8. The Morgan fingerprint density at radius 2 is 1.67 bits per heavy atom. The van der Waals surface area contributed by atoms with Crippen LogP contribution < -0.4 is 5.56 Å². The van der Waals surface area contributed by atoms with Crippen molar-refractivity contribution in [2.75, 3.05) is 0 Å². The summed E-state index contributed by atoms with van der Waals surface area (Å²) in [6.07, 6.45) is 0. The molecule has 5 nitrogen and oxygen atoms in total. The minimum atomic E-state index is -0.145. The fraction of sp³-hybridized carbons (Fsp3) is 0.0625. The van der Waals surface area contributed by atoms with E-state index in [-0.39, 0.29) is 5.56 Å². The van der Waals surface area contributed by atoms with Crippen LogP contribution in [0.1, 0.15) is 5.82 Å². The molecule has 0 fully saturated rings. The summed E-state index contributed by atoms with van der Waals surface area (Å²) in [6, 6.07) is 17.1. The molecule has 21 heavy (non-hydrogen) atoms. The Morgan fingerprint density at radius 1 is 0.952 bits per heavy atom. The Balaban J connectivity index is 2.19. The van der Waals surface area contributed by atoms with Crippen LogP contribution >= 0.6 is 0 Å². The van der Waals surface area contributed by atoms with Gasteiger partial charge < -0.3 is 0 Å². The topological polar surface area (TPSA) is 52.2 Å². The van der Waals surface area contributed by atoms with Crippen LogP contribution in [-0.2, 0) is 0 Å². The number of hydrogen-bond acceptors (Lipinski definition) is 3. The van der Waals surface area contributed by atoms with Gasteiger partial charge in [-0.2, -0.15) is 4.52 Å². The van der Waals surface area contributed by atoms with Crippen molar-refractivity contribution in [2.24, 2.45) is 0 Å². The van der Waals surface area contributed by atoms with E-state index in [2.05, 4.69) is 10.1 Å². The molecule has 4 rings (SSSR count). The highest BCUT2D eigenvalue weighted by molar-refractivity contribution is 5.79. The van der Waals surface area contributed by atoms with Crippen molar-refractivity contribution < 1.29 is 0 Å². The van der Waals surface area contributed by atoms with Gasteiger partial charge in [-0.1, -0.05) is 30.3 Å². The molecule has 0 radical (unpaired) electrons. The third kappa shape index (κ3) is 1.67. The average molecular weight is 276 g/mol. The van der Waals surface area contributed by atoms with Gasteiger partial charge in [0, 0.05) is 0 Å². The molecular formula is C16H12N4O. The predicted octanol–water partition coefficient (Wildman–Crippen LogP) is 2.34. The maximum Gasteiger partial charge on any atom is 0.283 e. The summed E-state index contributed by atoms with van der Waals surface area (Å²) in [5.41, 5.74) is 1.47. The number of benzene rings is 2. The van der Waals surface area contributed by atoms with Crippen LogP contribution in [-0.4, -0.2) is 19.2 Å². The van der Waals surface area contributed by atoms with Gasteiger partial charge in [0.05, 0.1) is 16.6 Å². The van der Waals surface area contributed by atoms with Crippen molar-refractivity contribution in [3.05, 3.63) is 70.8 Å². The van der Waals surface area contributed by atoms with Crippen LogP contribution in [0.3, 0.4) is 0 Å². The first-order valence-corrected chi connectivity index (χ1v) is 6.68. The molecule has 0 aliphatic rings. The van der Waals surface area contributed by atoms with Crippen LogP contribution in [0.4, 0.5) is 0 Å². The molecule has 0 saturated carbocycles. The van der Waals surface area contributed by atoms with Gasteiger partial charge in [0.25, 0.3) is 5.56 Å². The number of nitrogens with zero attached hydrogens (tertiary/aromatic N) is 4. The second-order valence-electron chi connectivity index (χ2n) is 4.86. The van der Waals surface area contributed by atoms with Crippen molar-refractivity contribution in [2.45, 2.75) is 6.92 Å². The Labute approximate surface area is 120 Å². The van der Waals surface area contributed by atoms with Crippen LogP contribution in [0, 0.1) is 6.92 Å². The number of fused-ring (bicyclic) bond motifs is 2. The second kappa shape index (κ2) is 4.28. The molecule has 2 heterocycles.